The van der Waals surface area contributed by atoms with Crippen LogP contribution in [-0.2, 0) is 14.8 Å². The topological polar surface area (TPSA) is 84.5 Å². The normalized spacial score (nSPS) is 12.9. The summed E-state index contributed by atoms with van der Waals surface area (Å²) < 4.78 is 31.7. The first-order valence-corrected chi connectivity index (χ1v) is 8.78. The highest BCUT2D eigenvalue weighted by molar-refractivity contribution is 7.89. The molecule has 1 unspecified atom stereocenters. The lowest BCUT2D eigenvalue weighted by Crippen LogP contribution is -2.32. The minimum absolute atomic E-state index is 0.0416. The van der Waals surface area contributed by atoms with Gasteiger partial charge in [0.25, 0.3) is 5.91 Å². The van der Waals surface area contributed by atoms with E-state index in [-0.39, 0.29) is 16.8 Å². The molecule has 0 aromatic heterocycles. The van der Waals surface area contributed by atoms with Gasteiger partial charge in [-0.15, -0.1) is 0 Å². The van der Waals surface area contributed by atoms with Gasteiger partial charge in [-0.2, -0.15) is 0 Å². The number of rotatable bonds is 9. The Morgan fingerprint density at radius 2 is 2.09 bits per heavy atom. The summed E-state index contributed by atoms with van der Waals surface area (Å²) in [5, 5.41) is 2.81. The van der Waals surface area contributed by atoms with Crippen LogP contribution >= 0.6 is 0 Å². The van der Waals surface area contributed by atoms with Gasteiger partial charge in [-0.05, 0) is 38.0 Å². The van der Waals surface area contributed by atoms with Gasteiger partial charge in [-0.3, -0.25) is 4.79 Å². The standard InChI is InChI=1S/C15H24N2O4S/c1-4-12(2)17-15(18)13-7-5-8-14(11-13)22(19,20)16-9-6-10-21-3/h5,7-8,11-12,16H,4,6,9-10H2,1-3H3,(H,17,18). The number of hydrogen-bond donors (Lipinski definition) is 2. The molecule has 6 nitrogen and oxygen atoms in total. The molecule has 0 heterocycles. The van der Waals surface area contributed by atoms with E-state index < -0.39 is 10.0 Å². The van der Waals surface area contributed by atoms with Gasteiger partial charge in [-0.1, -0.05) is 13.0 Å². The summed E-state index contributed by atoms with van der Waals surface area (Å²) in [5.41, 5.74) is 0.333. The third-order valence-corrected chi connectivity index (χ3v) is 4.67. The molecule has 0 bridgehead atoms. The van der Waals surface area contributed by atoms with Crippen LogP contribution < -0.4 is 10.0 Å². The highest BCUT2D eigenvalue weighted by Gasteiger charge is 2.16. The van der Waals surface area contributed by atoms with Crippen LogP contribution in [0.4, 0.5) is 0 Å². The van der Waals surface area contributed by atoms with Gasteiger partial charge >= 0.3 is 0 Å². The molecule has 0 saturated carbocycles. The van der Waals surface area contributed by atoms with Gasteiger partial charge in [0.1, 0.15) is 0 Å². The van der Waals surface area contributed by atoms with E-state index in [2.05, 4.69) is 10.0 Å². The SMILES string of the molecule is CCC(C)NC(=O)c1cccc(S(=O)(=O)NCCCOC)c1. The van der Waals surface area contributed by atoms with Crippen LogP contribution in [0.25, 0.3) is 0 Å². The van der Waals surface area contributed by atoms with Crippen LogP contribution in [0.2, 0.25) is 0 Å². The number of hydrogen-bond acceptors (Lipinski definition) is 4. The minimum atomic E-state index is -3.62. The van der Waals surface area contributed by atoms with E-state index in [4.69, 9.17) is 4.74 Å². The molecule has 0 aliphatic heterocycles. The van der Waals surface area contributed by atoms with Gasteiger partial charge in [0, 0.05) is 31.9 Å². The molecule has 0 spiro atoms. The predicted molar refractivity (Wildman–Crippen MR) is 85.3 cm³/mol. The van der Waals surface area contributed by atoms with Crippen molar-refractivity contribution in [1.82, 2.24) is 10.0 Å². The van der Waals surface area contributed by atoms with Crippen molar-refractivity contribution >= 4 is 15.9 Å². The van der Waals surface area contributed by atoms with Crippen LogP contribution in [0, 0.1) is 0 Å². The average Bonchev–Trinajstić information content (AvgIpc) is 2.51. The molecule has 22 heavy (non-hydrogen) atoms. The monoisotopic (exact) mass is 328 g/mol. The second-order valence-corrected chi connectivity index (χ2v) is 6.82. The summed E-state index contributed by atoms with van der Waals surface area (Å²) in [7, 11) is -2.05. The predicted octanol–water partition coefficient (Wildman–Crippen LogP) is 1.53. The highest BCUT2D eigenvalue weighted by atomic mass is 32.2. The Balaban J connectivity index is 2.80. The molecule has 0 fully saturated rings. The lowest BCUT2D eigenvalue weighted by molar-refractivity contribution is 0.0939. The molecule has 1 rings (SSSR count). The van der Waals surface area contributed by atoms with Crippen LogP contribution in [0.1, 0.15) is 37.0 Å². The fourth-order valence-electron chi connectivity index (χ4n) is 1.72. The van der Waals surface area contributed by atoms with Crippen molar-refractivity contribution in [3.05, 3.63) is 29.8 Å². The Labute approximate surface area is 132 Å². The molecule has 1 aromatic carbocycles. The first kappa shape index (κ1) is 18.6. The molecule has 1 aromatic rings. The van der Waals surface area contributed by atoms with Crippen LogP contribution in [-0.4, -0.2) is 40.6 Å². The van der Waals surface area contributed by atoms with E-state index in [1.54, 1.807) is 19.2 Å². The van der Waals surface area contributed by atoms with Crippen LogP contribution in [0.3, 0.4) is 0 Å². The lowest BCUT2D eigenvalue weighted by Gasteiger charge is -2.12. The van der Waals surface area contributed by atoms with Crippen molar-refractivity contribution in [3.8, 4) is 0 Å². The maximum atomic E-state index is 12.2. The van der Waals surface area contributed by atoms with Crippen LogP contribution in [0.5, 0.6) is 0 Å². The highest BCUT2D eigenvalue weighted by Crippen LogP contribution is 2.12. The Morgan fingerprint density at radius 1 is 1.36 bits per heavy atom. The maximum absolute atomic E-state index is 12.2. The molecule has 0 radical (unpaired) electrons. The molecule has 1 atom stereocenters. The Kier molecular flexibility index (Phi) is 7.50. The van der Waals surface area contributed by atoms with Crippen molar-refractivity contribution in [1.29, 1.82) is 0 Å². The van der Waals surface area contributed by atoms with Gasteiger partial charge < -0.3 is 10.1 Å². The molecule has 2 N–H and O–H groups in total. The van der Waals surface area contributed by atoms with E-state index in [1.165, 1.54) is 12.1 Å². The van der Waals surface area contributed by atoms with E-state index in [9.17, 15) is 13.2 Å². The Hall–Kier alpha value is -1.44. The van der Waals surface area contributed by atoms with Crippen molar-refractivity contribution < 1.29 is 17.9 Å². The Bertz CT molecular complexity index is 587. The second kappa shape index (κ2) is 8.87. The first-order valence-electron chi connectivity index (χ1n) is 7.30. The summed E-state index contributed by atoms with van der Waals surface area (Å²) in [6, 6.07) is 6.06. The first-order chi connectivity index (χ1) is 10.4. The van der Waals surface area contributed by atoms with E-state index >= 15 is 0 Å². The number of methoxy groups -OCH3 is 1. The fraction of sp³-hybridized carbons (Fsp3) is 0.533. The fourth-order valence-corrected chi connectivity index (χ4v) is 2.84. The lowest BCUT2D eigenvalue weighted by atomic mass is 10.2. The number of carbonyl (C=O) groups is 1. The van der Waals surface area contributed by atoms with Gasteiger partial charge in [0.15, 0.2) is 0 Å². The summed E-state index contributed by atoms with van der Waals surface area (Å²) >= 11 is 0. The van der Waals surface area contributed by atoms with E-state index in [0.29, 0.717) is 25.1 Å². The number of carbonyl (C=O) groups excluding carboxylic acids is 1. The summed E-state index contributed by atoms with van der Waals surface area (Å²) in [6.45, 7) is 4.64. The number of amides is 1. The third-order valence-electron chi connectivity index (χ3n) is 3.21. The van der Waals surface area contributed by atoms with Gasteiger partial charge in [0.2, 0.25) is 10.0 Å². The van der Waals surface area contributed by atoms with Crippen LogP contribution in [0.15, 0.2) is 29.2 Å². The number of nitrogens with one attached hydrogen (secondary N) is 2. The summed E-state index contributed by atoms with van der Waals surface area (Å²) in [5.74, 6) is -0.272. The zero-order valence-corrected chi connectivity index (χ0v) is 14.1. The molecular formula is C15H24N2O4S. The van der Waals surface area contributed by atoms with E-state index in [1.807, 2.05) is 13.8 Å². The number of ether oxygens (including phenoxy) is 1. The molecule has 0 aliphatic carbocycles. The van der Waals surface area contributed by atoms with Crippen molar-refractivity contribution in [3.63, 3.8) is 0 Å². The summed E-state index contributed by atoms with van der Waals surface area (Å²) in [6.07, 6.45) is 1.40. The van der Waals surface area contributed by atoms with Gasteiger partial charge in [0.05, 0.1) is 4.90 Å². The average molecular weight is 328 g/mol. The Morgan fingerprint density at radius 3 is 2.73 bits per heavy atom. The molecule has 124 valence electrons. The largest absolute Gasteiger partial charge is 0.385 e. The number of benzene rings is 1. The van der Waals surface area contributed by atoms with Gasteiger partial charge in [-0.25, -0.2) is 13.1 Å². The third kappa shape index (κ3) is 5.75. The summed E-state index contributed by atoms with van der Waals surface area (Å²) in [4.78, 5) is 12.1. The zero-order chi connectivity index (χ0) is 16.6. The van der Waals surface area contributed by atoms with Crippen molar-refractivity contribution in [2.45, 2.75) is 37.6 Å². The van der Waals surface area contributed by atoms with Crippen molar-refractivity contribution in [2.24, 2.45) is 0 Å². The quantitative estimate of drug-likeness (QED) is 0.673. The molecule has 0 aliphatic rings. The van der Waals surface area contributed by atoms with Crippen molar-refractivity contribution in [2.75, 3.05) is 20.3 Å². The molecule has 0 saturated heterocycles. The maximum Gasteiger partial charge on any atom is 0.251 e. The second-order valence-electron chi connectivity index (χ2n) is 5.05. The minimum Gasteiger partial charge on any atom is -0.385 e. The van der Waals surface area contributed by atoms with E-state index in [0.717, 1.165) is 6.42 Å². The molecular weight excluding hydrogens is 304 g/mol. The smallest absolute Gasteiger partial charge is 0.251 e. The molecule has 7 heteroatoms. The molecule has 1 amide bonds. The zero-order valence-electron chi connectivity index (χ0n) is 13.3. The number of sulfonamides is 1.